The molecule has 0 bridgehead atoms. The van der Waals surface area contributed by atoms with Gasteiger partial charge in [0.1, 0.15) is 0 Å². The van der Waals surface area contributed by atoms with Crippen molar-refractivity contribution in [3.8, 4) is 0 Å². The van der Waals surface area contributed by atoms with Crippen LogP contribution in [0, 0.1) is 0 Å². The molecule has 0 heterocycles. The Balaban J connectivity index is 0.000001000. The minimum absolute atomic E-state index is 0. The molecule has 0 aromatic heterocycles. The van der Waals surface area contributed by atoms with E-state index in [1.54, 1.807) is 0 Å². The van der Waals surface area contributed by atoms with Crippen molar-refractivity contribution in [2.24, 2.45) is 0 Å². The summed E-state index contributed by atoms with van der Waals surface area (Å²) in [7, 11) is -1.03. The SMILES string of the molecule is C[Si](C)(C)c1ccccc1.[Pt]. The van der Waals surface area contributed by atoms with E-state index in [9.17, 15) is 0 Å². The van der Waals surface area contributed by atoms with E-state index in [1.165, 1.54) is 5.19 Å². The summed E-state index contributed by atoms with van der Waals surface area (Å²) in [6, 6.07) is 10.8. The molecule has 0 fully saturated rings. The first-order chi connectivity index (χ1) is 4.61. The summed E-state index contributed by atoms with van der Waals surface area (Å²) in [5, 5.41) is 1.54. The largest absolute Gasteiger partial charge is 0.0775 e. The van der Waals surface area contributed by atoms with Crippen LogP contribution in [-0.2, 0) is 21.1 Å². The summed E-state index contributed by atoms with van der Waals surface area (Å²) in [6.45, 7) is 7.09. The van der Waals surface area contributed by atoms with Crippen LogP contribution in [0.3, 0.4) is 0 Å². The smallest absolute Gasteiger partial charge is 0.0656 e. The maximum Gasteiger partial charge on any atom is 0.0775 e. The quantitative estimate of drug-likeness (QED) is 0.685. The molecule has 11 heavy (non-hydrogen) atoms. The maximum atomic E-state index is 2.36. The zero-order valence-corrected chi connectivity index (χ0v) is 10.5. The van der Waals surface area contributed by atoms with Crippen molar-refractivity contribution in [1.82, 2.24) is 0 Å². The zero-order chi connectivity index (χ0) is 7.61. The molecule has 0 radical (unpaired) electrons. The Morgan fingerprint density at radius 1 is 0.909 bits per heavy atom. The average Bonchev–Trinajstić information content (AvgIpc) is 1.88. The first-order valence-electron chi connectivity index (χ1n) is 3.66. The second kappa shape index (κ2) is 4.23. The predicted octanol–water partition coefficient (Wildman–Crippen LogP) is 2.23. The number of benzene rings is 1. The van der Waals surface area contributed by atoms with Gasteiger partial charge in [0.2, 0.25) is 0 Å². The molecule has 1 rings (SSSR count). The molecule has 1 aromatic rings. The molecule has 0 amide bonds. The maximum absolute atomic E-state index is 2.36. The molecule has 0 N–H and O–H groups in total. The zero-order valence-electron chi connectivity index (χ0n) is 7.20. The van der Waals surface area contributed by atoms with Crippen molar-refractivity contribution >= 4 is 13.3 Å². The Bertz CT molecular complexity index is 201. The molecule has 0 saturated carbocycles. The summed E-state index contributed by atoms with van der Waals surface area (Å²) in [4.78, 5) is 0. The average molecular weight is 345 g/mol. The normalized spacial score (nSPS) is 10.5. The fourth-order valence-electron chi connectivity index (χ4n) is 0.938. The molecule has 2 heteroatoms. The Labute approximate surface area is 84.3 Å². The van der Waals surface area contributed by atoms with Gasteiger partial charge < -0.3 is 0 Å². The van der Waals surface area contributed by atoms with Crippen LogP contribution in [0.15, 0.2) is 30.3 Å². The van der Waals surface area contributed by atoms with Crippen molar-refractivity contribution < 1.29 is 21.1 Å². The van der Waals surface area contributed by atoms with E-state index in [4.69, 9.17) is 0 Å². The first kappa shape index (κ1) is 11.1. The van der Waals surface area contributed by atoms with Gasteiger partial charge in [0.25, 0.3) is 0 Å². The van der Waals surface area contributed by atoms with Gasteiger partial charge in [0.05, 0.1) is 8.07 Å². The van der Waals surface area contributed by atoms with E-state index in [0.29, 0.717) is 0 Å². The van der Waals surface area contributed by atoms with Gasteiger partial charge in [-0.05, 0) is 0 Å². The van der Waals surface area contributed by atoms with Gasteiger partial charge in [0, 0.05) is 21.1 Å². The monoisotopic (exact) mass is 345 g/mol. The van der Waals surface area contributed by atoms with Crippen LogP contribution < -0.4 is 5.19 Å². The molecule has 0 unspecified atom stereocenters. The third-order valence-corrected chi connectivity index (χ3v) is 3.71. The summed E-state index contributed by atoms with van der Waals surface area (Å²) < 4.78 is 0. The fourth-order valence-corrected chi connectivity index (χ4v) is 2.13. The van der Waals surface area contributed by atoms with Gasteiger partial charge in [-0.1, -0.05) is 55.2 Å². The molecular weight excluding hydrogens is 331 g/mol. The van der Waals surface area contributed by atoms with E-state index in [0.717, 1.165) is 0 Å². The summed E-state index contributed by atoms with van der Waals surface area (Å²) in [5.41, 5.74) is 0. The molecule has 64 valence electrons. The molecule has 0 spiro atoms. The standard InChI is InChI=1S/C9H14Si.Pt/c1-10(2,3)9-7-5-4-6-8-9;/h4-8H,1-3H3;. The van der Waals surface area contributed by atoms with Crippen LogP contribution >= 0.6 is 0 Å². The van der Waals surface area contributed by atoms with Crippen LogP contribution in [0.5, 0.6) is 0 Å². The molecular formula is C9H14PtSi. The third kappa shape index (κ3) is 3.35. The predicted molar refractivity (Wildman–Crippen MR) is 49.4 cm³/mol. The molecule has 0 saturated heterocycles. The van der Waals surface area contributed by atoms with Crippen LogP contribution in [0.2, 0.25) is 19.6 Å². The van der Waals surface area contributed by atoms with E-state index in [-0.39, 0.29) is 21.1 Å². The molecule has 0 atom stereocenters. The number of hydrogen-bond acceptors (Lipinski definition) is 0. The van der Waals surface area contributed by atoms with E-state index < -0.39 is 8.07 Å². The molecule has 1 aromatic carbocycles. The van der Waals surface area contributed by atoms with Gasteiger partial charge in [0.15, 0.2) is 0 Å². The van der Waals surface area contributed by atoms with Gasteiger partial charge >= 0.3 is 0 Å². The van der Waals surface area contributed by atoms with Crippen molar-refractivity contribution in [3.63, 3.8) is 0 Å². The Kier molecular flexibility index (Phi) is 4.27. The van der Waals surface area contributed by atoms with Crippen LogP contribution in [-0.4, -0.2) is 8.07 Å². The van der Waals surface area contributed by atoms with Crippen LogP contribution in [0.4, 0.5) is 0 Å². The fraction of sp³-hybridized carbons (Fsp3) is 0.333. The topological polar surface area (TPSA) is 0 Å². The summed E-state index contributed by atoms with van der Waals surface area (Å²) in [6.07, 6.45) is 0. The molecule has 0 aliphatic heterocycles. The Morgan fingerprint density at radius 3 is 1.64 bits per heavy atom. The van der Waals surface area contributed by atoms with Gasteiger partial charge in [-0.3, -0.25) is 0 Å². The summed E-state index contributed by atoms with van der Waals surface area (Å²) >= 11 is 0. The second-order valence-corrected chi connectivity index (χ2v) is 8.69. The molecule has 0 aliphatic rings. The third-order valence-electron chi connectivity index (χ3n) is 1.64. The molecule has 0 aliphatic carbocycles. The van der Waals surface area contributed by atoms with Gasteiger partial charge in [-0.25, -0.2) is 0 Å². The second-order valence-electron chi connectivity index (χ2n) is 3.62. The Morgan fingerprint density at radius 2 is 1.36 bits per heavy atom. The minimum Gasteiger partial charge on any atom is -0.0656 e. The van der Waals surface area contributed by atoms with Crippen molar-refractivity contribution in [2.75, 3.05) is 0 Å². The van der Waals surface area contributed by atoms with E-state index >= 15 is 0 Å². The minimum atomic E-state index is -1.03. The van der Waals surface area contributed by atoms with E-state index in [2.05, 4.69) is 50.0 Å². The Hall–Kier alpha value is 0.125. The molecule has 0 nitrogen and oxygen atoms in total. The van der Waals surface area contributed by atoms with Crippen LogP contribution in [0.1, 0.15) is 0 Å². The first-order valence-corrected chi connectivity index (χ1v) is 7.16. The van der Waals surface area contributed by atoms with Crippen LogP contribution in [0.25, 0.3) is 0 Å². The van der Waals surface area contributed by atoms with Gasteiger partial charge in [-0.2, -0.15) is 0 Å². The van der Waals surface area contributed by atoms with Crippen molar-refractivity contribution in [2.45, 2.75) is 19.6 Å². The number of rotatable bonds is 1. The van der Waals surface area contributed by atoms with Crippen molar-refractivity contribution in [3.05, 3.63) is 30.3 Å². The summed E-state index contributed by atoms with van der Waals surface area (Å²) in [5.74, 6) is 0. The van der Waals surface area contributed by atoms with Gasteiger partial charge in [-0.15, -0.1) is 0 Å². The number of hydrogen-bond donors (Lipinski definition) is 0. The van der Waals surface area contributed by atoms with Crippen molar-refractivity contribution in [1.29, 1.82) is 0 Å². The van der Waals surface area contributed by atoms with E-state index in [1.807, 2.05) is 0 Å².